The first-order valence-electron chi connectivity index (χ1n) is 7.65. The SMILES string of the molecule is CC1CNC(=O)c2[nH]c3ccc(C(=O)Nc4ncccn4)cc3c21. The van der Waals surface area contributed by atoms with Crippen LogP contribution in [0.4, 0.5) is 5.95 Å². The number of nitrogens with one attached hydrogen (secondary N) is 3. The molecule has 1 atom stereocenters. The van der Waals surface area contributed by atoms with Crippen LogP contribution >= 0.6 is 0 Å². The second kappa shape index (κ2) is 5.45. The number of aromatic nitrogens is 3. The van der Waals surface area contributed by atoms with Crippen LogP contribution in [0.25, 0.3) is 10.9 Å². The summed E-state index contributed by atoms with van der Waals surface area (Å²) in [5.74, 6) is 0.0441. The van der Waals surface area contributed by atoms with Crippen molar-refractivity contribution in [3.63, 3.8) is 0 Å². The lowest BCUT2D eigenvalue weighted by atomic mass is 9.93. The van der Waals surface area contributed by atoms with Gasteiger partial charge in [-0.15, -0.1) is 0 Å². The van der Waals surface area contributed by atoms with Gasteiger partial charge in [-0.25, -0.2) is 9.97 Å². The van der Waals surface area contributed by atoms with Gasteiger partial charge in [0, 0.05) is 41.3 Å². The number of hydrogen-bond acceptors (Lipinski definition) is 4. The highest BCUT2D eigenvalue weighted by Gasteiger charge is 2.27. The Balaban J connectivity index is 1.74. The van der Waals surface area contributed by atoms with Crippen LogP contribution in [0.3, 0.4) is 0 Å². The summed E-state index contributed by atoms with van der Waals surface area (Å²) >= 11 is 0. The van der Waals surface area contributed by atoms with E-state index in [1.54, 1.807) is 30.6 Å². The van der Waals surface area contributed by atoms with E-state index < -0.39 is 0 Å². The smallest absolute Gasteiger partial charge is 0.268 e. The number of anilines is 1. The van der Waals surface area contributed by atoms with Crippen LogP contribution in [-0.4, -0.2) is 33.3 Å². The summed E-state index contributed by atoms with van der Waals surface area (Å²) in [4.78, 5) is 35.6. The molecule has 0 saturated carbocycles. The molecule has 1 aliphatic heterocycles. The van der Waals surface area contributed by atoms with Crippen molar-refractivity contribution >= 4 is 28.7 Å². The summed E-state index contributed by atoms with van der Waals surface area (Å²) in [6.45, 7) is 2.64. The van der Waals surface area contributed by atoms with Crippen molar-refractivity contribution in [2.24, 2.45) is 0 Å². The fourth-order valence-electron chi connectivity index (χ4n) is 3.02. The lowest BCUT2D eigenvalue weighted by Gasteiger charge is -2.19. The zero-order valence-electron chi connectivity index (χ0n) is 13.0. The normalized spacial score (nSPS) is 16.5. The van der Waals surface area contributed by atoms with Crippen molar-refractivity contribution in [3.05, 3.63) is 53.5 Å². The van der Waals surface area contributed by atoms with Crippen LogP contribution in [0.2, 0.25) is 0 Å². The molecule has 0 bridgehead atoms. The van der Waals surface area contributed by atoms with Gasteiger partial charge in [0.2, 0.25) is 5.95 Å². The lowest BCUT2D eigenvalue weighted by molar-refractivity contribution is 0.0936. The predicted octanol–water partition coefficient (Wildman–Crippen LogP) is 2.06. The molecule has 4 rings (SSSR count). The molecule has 2 amide bonds. The number of carbonyl (C=O) groups excluding carboxylic acids is 2. The molecule has 0 saturated heterocycles. The molecule has 24 heavy (non-hydrogen) atoms. The van der Waals surface area contributed by atoms with E-state index in [2.05, 4.69) is 32.5 Å². The monoisotopic (exact) mass is 321 g/mol. The summed E-state index contributed by atoms with van der Waals surface area (Å²) in [7, 11) is 0. The van der Waals surface area contributed by atoms with E-state index >= 15 is 0 Å². The summed E-state index contributed by atoms with van der Waals surface area (Å²) in [5, 5.41) is 6.41. The maximum atomic E-state index is 12.4. The molecule has 3 N–H and O–H groups in total. The molecular formula is C17H15N5O2. The van der Waals surface area contributed by atoms with E-state index in [1.165, 1.54) is 0 Å². The van der Waals surface area contributed by atoms with Gasteiger partial charge in [-0.2, -0.15) is 0 Å². The molecular weight excluding hydrogens is 306 g/mol. The van der Waals surface area contributed by atoms with E-state index in [0.29, 0.717) is 17.8 Å². The van der Waals surface area contributed by atoms with Crippen molar-refractivity contribution in [1.82, 2.24) is 20.3 Å². The number of amides is 2. The molecule has 2 aromatic heterocycles. The van der Waals surface area contributed by atoms with Crippen molar-refractivity contribution in [1.29, 1.82) is 0 Å². The predicted molar refractivity (Wildman–Crippen MR) is 89.0 cm³/mol. The van der Waals surface area contributed by atoms with Crippen LogP contribution in [0.15, 0.2) is 36.7 Å². The van der Waals surface area contributed by atoms with E-state index in [-0.39, 0.29) is 23.7 Å². The number of H-pyrrole nitrogens is 1. The van der Waals surface area contributed by atoms with E-state index in [0.717, 1.165) is 16.5 Å². The molecule has 0 fully saturated rings. The molecule has 3 heterocycles. The third kappa shape index (κ3) is 2.30. The number of carbonyl (C=O) groups is 2. The number of hydrogen-bond donors (Lipinski definition) is 3. The van der Waals surface area contributed by atoms with Gasteiger partial charge in [0.25, 0.3) is 11.8 Å². The highest BCUT2D eigenvalue weighted by atomic mass is 16.2. The van der Waals surface area contributed by atoms with Crippen LogP contribution < -0.4 is 10.6 Å². The molecule has 0 radical (unpaired) electrons. The lowest BCUT2D eigenvalue weighted by Crippen LogP contribution is -2.33. The Morgan fingerprint density at radius 2 is 2.08 bits per heavy atom. The van der Waals surface area contributed by atoms with Gasteiger partial charge in [-0.3, -0.25) is 14.9 Å². The number of nitrogens with zero attached hydrogens (tertiary/aromatic N) is 2. The highest BCUT2D eigenvalue weighted by molar-refractivity contribution is 6.08. The Morgan fingerprint density at radius 3 is 2.88 bits per heavy atom. The fraction of sp³-hybridized carbons (Fsp3) is 0.176. The third-order valence-corrected chi connectivity index (χ3v) is 4.18. The van der Waals surface area contributed by atoms with Crippen LogP contribution in [0.5, 0.6) is 0 Å². The molecule has 1 unspecified atom stereocenters. The summed E-state index contributed by atoms with van der Waals surface area (Å²) < 4.78 is 0. The first kappa shape index (κ1) is 14.4. The van der Waals surface area contributed by atoms with Crippen LogP contribution in [0.1, 0.15) is 39.3 Å². The summed E-state index contributed by atoms with van der Waals surface area (Å²) in [6.07, 6.45) is 3.13. The van der Waals surface area contributed by atoms with Crippen LogP contribution in [0, 0.1) is 0 Å². The maximum Gasteiger partial charge on any atom is 0.268 e. The Labute approximate surface area is 137 Å². The van der Waals surface area contributed by atoms with Crippen molar-refractivity contribution in [2.75, 3.05) is 11.9 Å². The van der Waals surface area contributed by atoms with Gasteiger partial charge >= 0.3 is 0 Å². The number of fused-ring (bicyclic) bond motifs is 3. The topological polar surface area (TPSA) is 99.8 Å². The van der Waals surface area contributed by atoms with E-state index in [9.17, 15) is 9.59 Å². The Kier molecular flexibility index (Phi) is 3.26. The maximum absolute atomic E-state index is 12.4. The number of benzene rings is 1. The van der Waals surface area contributed by atoms with Gasteiger partial charge in [0.05, 0.1) is 0 Å². The molecule has 120 valence electrons. The average Bonchev–Trinajstić information content (AvgIpc) is 2.99. The third-order valence-electron chi connectivity index (χ3n) is 4.18. The summed E-state index contributed by atoms with van der Waals surface area (Å²) in [6, 6.07) is 7.01. The molecule has 0 aliphatic carbocycles. The first-order valence-corrected chi connectivity index (χ1v) is 7.65. The molecule has 7 nitrogen and oxygen atoms in total. The molecule has 0 spiro atoms. The minimum absolute atomic E-state index is 0.108. The van der Waals surface area contributed by atoms with Gasteiger partial charge in [0.1, 0.15) is 5.69 Å². The largest absolute Gasteiger partial charge is 0.350 e. The van der Waals surface area contributed by atoms with Gasteiger partial charge in [0.15, 0.2) is 0 Å². The zero-order chi connectivity index (χ0) is 16.7. The molecule has 7 heteroatoms. The Hall–Kier alpha value is -3.22. The zero-order valence-corrected chi connectivity index (χ0v) is 13.0. The summed E-state index contributed by atoms with van der Waals surface area (Å²) in [5.41, 5.74) is 2.87. The van der Waals surface area contributed by atoms with Gasteiger partial charge in [-0.1, -0.05) is 6.92 Å². The van der Waals surface area contributed by atoms with Crippen molar-refractivity contribution < 1.29 is 9.59 Å². The molecule has 3 aromatic rings. The minimum atomic E-state index is -0.286. The minimum Gasteiger partial charge on any atom is -0.350 e. The van der Waals surface area contributed by atoms with Crippen molar-refractivity contribution in [2.45, 2.75) is 12.8 Å². The number of rotatable bonds is 2. The second-order valence-corrected chi connectivity index (χ2v) is 5.81. The Morgan fingerprint density at radius 1 is 1.29 bits per heavy atom. The number of aromatic amines is 1. The molecule has 1 aromatic carbocycles. The Bertz CT molecular complexity index is 948. The van der Waals surface area contributed by atoms with E-state index in [4.69, 9.17) is 0 Å². The van der Waals surface area contributed by atoms with E-state index in [1.807, 2.05) is 6.07 Å². The van der Waals surface area contributed by atoms with Crippen molar-refractivity contribution in [3.8, 4) is 0 Å². The second-order valence-electron chi connectivity index (χ2n) is 5.81. The first-order chi connectivity index (χ1) is 11.6. The van der Waals surface area contributed by atoms with Gasteiger partial charge in [-0.05, 0) is 29.8 Å². The van der Waals surface area contributed by atoms with Gasteiger partial charge < -0.3 is 10.3 Å². The quantitative estimate of drug-likeness (QED) is 0.672. The highest BCUT2D eigenvalue weighted by Crippen LogP contribution is 2.32. The van der Waals surface area contributed by atoms with Crippen LogP contribution in [-0.2, 0) is 0 Å². The average molecular weight is 321 g/mol. The standard InChI is InChI=1S/C17H15N5O2/c1-9-8-20-16(24)14-13(9)11-7-10(3-4-12(11)21-14)15(23)22-17-18-5-2-6-19-17/h2-7,9,21H,8H2,1H3,(H,20,24)(H,18,19,22,23). The fourth-order valence-corrected chi connectivity index (χ4v) is 3.02. The molecule has 1 aliphatic rings.